The maximum Gasteiger partial charge on any atom is 0.305 e. The van der Waals surface area contributed by atoms with Crippen LogP contribution in [0.15, 0.2) is 42.5 Å². The number of carboxylic acid groups (broad SMARTS) is 1. The molecule has 0 radical (unpaired) electrons. The van der Waals surface area contributed by atoms with Crippen LogP contribution in [0, 0.1) is 18.6 Å². The normalized spacial score (nSPS) is 11.7. The molecule has 0 aliphatic carbocycles. The van der Waals surface area contributed by atoms with Gasteiger partial charge >= 0.3 is 5.97 Å². The molecule has 0 heterocycles. The predicted molar refractivity (Wildman–Crippen MR) is 95.4 cm³/mol. The molecule has 0 bridgehead atoms. The standard InChI is InChI=1S/C20H21F2NO4/c1-13-5-2-3-6-15(13)17(12-20(25)26)23-19(24)7-4-10-27-18-9-8-14(21)11-16(18)22/h2-3,5-6,8-9,11,17H,4,7,10,12H2,1H3,(H,23,24)(H,25,26). The third-order valence-corrected chi connectivity index (χ3v) is 3.98. The molecular formula is C20H21F2NO4. The minimum atomic E-state index is -1.02. The zero-order valence-corrected chi connectivity index (χ0v) is 14.9. The van der Waals surface area contributed by atoms with Crippen LogP contribution in [0.3, 0.4) is 0 Å². The fourth-order valence-corrected chi connectivity index (χ4v) is 2.66. The number of ether oxygens (including phenoxy) is 1. The van der Waals surface area contributed by atoms with Crippen molar-refractivity contribution in [1.82, 2.24) is 5.32 Å². The van der Waals surface area contributed by atoms with Gasteiger partial charge in [-0.05, 0) is 36.6 Å². The van der Waals surface area contributed by atoms with E-state index in [0.717, 1.165) is 23.3 Å². The highest BCUT2D eigenvalue weighted by molar-refractivity contribution is 5.77. The maximum absolute atomic E-state index is 13.5. The third-order valence-electron chi connectivity index (χ3n) is 3.98. The van der Waals surface area contributed by atoms with E-state index in [1.807, 2.05) is 19.1 Å². The highest BCUT2D eigenvalue weighted by Crippen LogP contribution is 2.21. The first-order chi connectivity index (χ1) is 12.9. The average molecular weight is 377 g/mol. The summed E-state index contributed by atoms with van der Waals surface area (Å²) in [7, 11) is 0. The summed E-state index contributed by atoms with van der Waals surface area (Å²) in [6.45, 7) is 1.92. The SMILES string of the molecule is Cc1ccccc1C(CC(=O)O)NC(=O)CCCOc1ccc(F)cc1F. The van der Waals surface area contributed by atoms with E-state index in [0.29, 0.717) is 6.42 Å². The van der Waals surface area contributed by atoms with Crippen LogP contribution < -0.4 is 10.1 Å². The molecule has 27 heavy (non-hydrogen) atoms. The van der Waals surface area contributed by atoms with Crippen LogP contribution in [-0.2, 0) is 9.59 Å². The van der Waals surface area contributed by atoms with Gasteiger partial charge in [0.15, 0.2) is 11.6 Å². The second-order valence-corrected chi connectivity index (χ2v) is 6.10. The van der Waals surface area contributed by atoms with Gasteiger partial charge in [0.1, 0.15) is 5.82 Å². The number of hydrogen-bond donors (Lipinski definition) is 2. The summed E-state index contributed by atoms with van der Waals surface area (Å²) in [4.78, 5) is 23.3. The van der Waals surface area contributed by atoms with Crippen LogP contribution >= 0.6 is 0 Å². The van der Waals surface area contributed by atoms with Crippen molar-refractivity contribution in [1.29, 1.82) is 0 Å². The number of aryl methyl sites for hydroxylation is 1. The highest BCUT2D eigenvalue weighted by atomic mass is 19.1. The minimum Gasteiger partial charge on any atom is -0.491 e. The summed E-state index contributed by atoms with van der Waals surface area (Å²) in [6, 6.07) is 9.62. The molecule has 0 aliphatic heterocycles. The van der Waals surface area contributed by atoms with Gasteiger partial charge in [-0.2, -0.15) is 0 Å². The molecule has 5 nitrogen and oxygen atoms in total. The molecule has 1 atom stereocenters. The van der Waals surface area contributed by atoms with Crippen molar-refractivity contribution >= 4 is 11.9 Å². The van der Waals surface area contributed by atoms with Crippen LogP contribution in [-0.4, -0.2) is 23.6 Å². The van der Waals surface area contributed by atoms with Crippen molar-refractivity contribution in [2.75, 3.05) is 6.61 Å². The Kier molecular flexibility index (Phi) is 7.28. The molecule has 2 aromatic rings. The molecule has 7 heteroatoms. The molecule has 0 saturated heterocycles. The Morgan fingerprint density at radius 3 is 2.59 bits per heavy atom. The number of hydrogen-bond acceptors (Lipinski definition) is 3. The molecule has 0 aliphatic rings. The van der Waals surface area contributed by atoms with E-state index in [2.05, 4.69) is 5.32 Å². The lowest BCUT2D eigenvalue weighted by Gasteiger charge is -2.19. The fraction of sp³-hybridized carbons (Fsp3) is 0.300. The summed E-state index contributed by atoms with van der Waals surface area (Å²) < 4.78 is 31.5. The Morgan fingerprint density at radius 2 is 1.93 bits per heavy atom. The summed E-state index contributed by atoms with van der Waals surface area (Å²) >= 11 is 0. The molecule has 2 rings (SSSR count). The number of carboxylic acids is 1. The van der Waals surface area contributed by atoms with E-state index in [-0.39, 0.29) is 31.1 Å². The van der Waals surface area contributed by atoms with Crippen LogP contribution in [0.5, 0.6) is 5.75 Å². The number of aliphatic carboxylic acids is 1. The second kappa shape index (κ2) is 9.66. The van der Waals surface area contributed by atoms with Gasteiger partial charge in [0.2, 0.25) is 5.91 Å². The number of nitrogens with one attached hydrogen (secondary N) is 1. The summed E-state index contributed by atoms with van der Waals surface area (Å²) in [5.74, 6) is -2.92. The first-order valence-electron chi connectivity index (χ1n) is 8.51. The summed E-state index contributed by atoms with van der Waals surface area (Å²) in [6.07, 6.45) is 0.162. The van der Waals surface area contributed by atoms with Crippen LogP contribution in [0.2, 0.25) is 0 Å². The predicted octanol–water partition coefficient (Wildman–Crippen LogP) is 3.76. The van der Waals surface area contributed by atoms with Gasteiger partial charge in [0.25, 0.3) is 0 Å². The molecule has 2 aromatic carbocycles. The number of halogens is 2. The molecule has 0 fully saturated rings. The van der Waals surface area contributed by atoms with Crippen molar-refractivity contribution in [3.05, 3.63) is 65.2 Å². The molecular weight excluding hydrogens is 356 g/mol. The van der Waals surface area contributed by atoms with Crippen molar-refractivity contribution in [3.63, 3.8) is 0 Å². The van der Waals surface area contributed by atoms with Gasteiger partial charge in [-0.1, -0.05) is 24.3 Å². The zero-order valence-electron chi connectivity index (χ0n) is 14.9. The summed E-state index contributed by atoms with van der Waals surface area (Å²) in [5.41, 5.74) is 1.64. The second-order valence-electron chi connectivity index (χ2n) is 6.10. The van der Waals surface area contributed by atoms with Crippen LogP contribution in [0.1, 0.15) is 36.4 Å². The molecule has 2 N–H and O–H groups in total. The number of carbonyl (C=O) groups is 2. The topological polar surface area (TPSA) is 75.6 Å². The van der Waals surface area contributed by atoms with Gasteiger partial charge in [-0.3, -0.25) is 9.59 Å². The van der Waals surface area contributed by atoms with Gasteiger partial charge in [0, 0.05) is 12.5 Å². The van der Waals surface area contributed by atoms with Crippen molar-refractivity contribution < 1.29 is 28.2 Å². The molecule has 0 aromatic heterocycles. The Balaban J connectivity index is 1.86. The van der Waals surface area contributed by atoms with Crippen molar-refractivity contribution in [3.8, 4) is 5.75 Å². The third kappa shape index (κ3) is 6.36. The first kappa shape index (κ1) is 20.4. The van der Waals surface area contributed by atoms with Crippen LogP contribution in [0.25, 0.3) is 0 Å². The van der Waals surface area contributed by atoms with Crippen molar-refractivity contribution in [2.45, 2.75) is 32.2 Å². The molecule has 0 saturated carbocycles. The lowest BCUT2D eigenvalue weighted by Crippen LogP contribution is -2.30. The molecule has 0 spiro atoms. The van der Waals surface area contributed by atoms with Gasteiger partial charge < -0.3 is 15.2 Å². The summed E-state index contributed by atoms with van der Waals surface area (Å²) in [5, 5.41) is 11.8. The first-order valence-corrected chi connectivity index (χ1v) is 8.51. The van der Waals surface area contributed by atoms with E-state index in [4.69, 9.17) is 9.84 Å². The van der Waals surface area contributed by atoms with E-state index in [1.165, 1.54) is 6.07 Å². The van der Waals surface area contributed by atoms with E-state index in [9.17, 15) is 18.4 Å². The van der Waals surface area contributed by atoms with E-state index in [1.54, 1.807) is 12.1 Å². The Labute approximate surface area is 156 Å². The zero-order chi connectivity index (χ0) is 19.8. The van der Waals surface area contributed by atoms with E-state index >= 15 is 0 Å². The van der Waals surface area contributed by atoms with Gasteiger partial charge in [-0.15, -0.1) is 0 Å². The average Bonchev–Trinajstić information content (AvgIpc) is 2.59. The number of benzene rings is 2. The Bertz CT molecular complexity index is 810. The van der Waals surface area contributed by atoms with Crippen molar-refractivity contribution in [2.24, 2.45) is 0 Å². The van der Waals surface area contributed by atoms with Crippen LogP contribution in [0.4, 0.5) is 8.78 Å². The molecule has 1 unspecified atom stereocenters. The Hall–Kier alpha value is -2.96. The highest BCUT2D eigenvalue weighted by Gasteiger charge is 2.19. The lowest BCUT2D eigenvalue weighted by atomic mass is 9.98. The number of amides is 1. The number of rotatable bonds is 9. The molecule has 144 valence electrons. The monoisotopic (exact) mass is 377 g/mol. The smallest absolute Gasteiger partial charge is 0.305 e. The number of carbonyl (C=O) groups excluding carboxylic acids is 1. The fourth-order valence-electron chi connectivity index (χ4n) is 2.66. The van der Waals surface area contributed by atoms with Gasteiger partial charge in [-0.25, -0.2) is 8.78 Å². The molecule has 1 amide bonds. The minimum absolute atomic E-state index is 0.0733. The Morgan fingerprint density at radius 1 is 1.19 bits per heavy atom. The lowest BCUT2D eigenvalue weighted by molar-refractivity contribution is -0.137. The van der Waals surface area contributed by atoms with E-state index < -0.39 is 23.6 Å². The largest absolute Gasteiger partial charge is 0.491 e. The van der Waals surface area contributed by atoms with Gasteiger partial charge in [0.05, 0.1) is 19.1 Å². The quantitative estimate of drug-likeness (QED) is 0.653. The maximum atomic E-state index is 13.5.